The molecule has 0 radical (unpaired) electrons. The lowest BCUT2D eigenvalue weighted by atomic mass is 9.91. The number of esters is 1. The standard InChI is InChI=1S/C21H20F5NO3S2/c1-10(2)8-13-14(19(28)30-3)16(18(22)23)27-17(21(24,25)26)15(13)20(29)32-12-7-5-6-11(9-12)31-4/h5-7,9-10,18H,8H2,1-4H3. The molecule has 11 heteroatoms. The van der Waals surface area contributed by atoms with Gasteiger partial charge in [-0.3, -0.25) is 4.79 Å². The minimum atomic E-state index is -5.20. The van der Waals surface area contributed by atoms with Gasteiger partial charge in [0, 0.05) is 9.79 Å². The summed E-state index contributed by atoms with van der Waals surface area (Å²) in [5.74, 6) is -1.63. The van der Waals surface area contributed by atoms with Crippen LogP contribution in [0.4, 0.5) is 22.0 Å². The van der Waals surface area contributed by atoms with Gasteiger partial charge in [0.15, 0.2) is 5.69 Å². The molecule has 0 N–H and O–H groups in total. The molecule has 32 heavy (non-hydrogen) atoms. The highest BCUT2D eigenvalue weighted by atomic mass is 32.2. The largest absolute Gasteiger partial charge is 0.465 e. The maximum Gasteiger partial charge on any atom is 0.434 e. The number of aromatic nitrogens is 1. The van der Waals surface area contributed by atoms with Crippen LogP contribution in [0, 0.1) is 5.92 Å². The number of pyridine rings is 1. The summed E-state index contributed by atoms with van der Waals surface area (Å²) < 4.78 is 73.4. The van der Waals surface area contributed by atoms with Gasteiger partial charge in [0.1, 0.15) is 5.69 Å². The van der Waals surface area contributed by atoms with Gasteiger partial charge in [-0.25, -0.2) is 18.6 Å². The molecule has 0 saturated carbocycles. The number of hydrogen-bond donors (Lipinski definition) is 0. The van der Waals surface area contributed by atoms with E-state index in [0.29, 0.717) is 16.7 Å². The van der Waals surface area contributed by atoms with Crippen LogP contribution >= 0.6 is 23.5 Å². The highest BCUT2D eigenvalue weighted by Crippen LogP contribution is 2.40. The summed E-state index contributed by atoms with van der Waals surface area (Å²) in [5.41, 5.74) is -5.25. The van der Waals surface area contributed by atoms with Crippen LogP contribution in [0.2, 0.25) is 0 Å². The second kappa shape index (κ2) is 10.7. The first kappa shape index (κ1) is 26.1. The third-order valence-corrected chi connectivity index (χ3v) is 5.87. The predicted molar refractivity (Wildman–Crippen MR) is 112 cm³/mol. The van der Waals surface area contributed by atoms with E-state index in [1.165, 1.54) is 11.8 Å². The van der Waals surface area contributed by atoms with Gasteiger partial charge in [0.05, 0.1) is 18.2 Å². The van der Waals surface area contributed by atoms with Crippen LogP contribution in [0.15, 0.2) is 34.1 Å². The first-order chi connectivity index (χ1) is 14.9. The fraction of sp³-hybridized carbons (Fsp3) is 0.381. The Morgan fingerprint density at radius 3 is 2.25 bits per heavy atom. The highest BCUT2D eigenvalue weighted by Gasteiger charge is 2.42. The number of hydrogen-bond acceptors (Lipinski definition) is 6. The SMILES string of the molecule is COC(=O)c1c(C(F)F)nc(C(F)(F)F)c(C(=O)Sc2cccc(SC)c2)c1CC(C)C. The number of carbonyl (C=O) groups excluding carboxylic acids is 2. The number of benzene rings is 1. The van der Waals surface area contributed by atoms with Gasteiger partial charge < -0.3 is 4.74 Å². The number of ether oxygens (including phenoxy) is 1. The lowest BCUT2D eigenvalue weighted by Crippen LogP contribution is -2.24. The average Bonchev–Trinajstić information content (AvgIpc) is 2.71. The van der Waals surface area contributed by atoms with E-state index in [0.717, 1.165) is 12.0 Å². The molecule has 2 aromatic rings. The monoisotopic (exact) mass is 493 g/mol. The molecule has 4 nitrogen and oxygen atoms in total. The van der Waals surface area contributed by atoms with Gasteiger partial charge in [0.2, 0.25) is 5.12 Å². The van der Waals surface area contributed by atoms with Crippen molar-refractivity contribution in [1.29, 1.82) is 0 Å². The fourth-order valence-electron chi connectivity index (χ4n) is 3.00. The Kier molecular flexibility index (Phi) is 8.69. The topological polar surface area (TPSA) is 56.3 Å². The second-order valence-corrected chi connectivity index (χ2v) is 8.96. The van der Waals surface area contributed by atoms with Gasteiger partial charge in [-0.05, 0) is 54.1 Å². The molecule has 0 aliphatic heterocycles. The molecular formula is C21H20F5NO3S2. The van der Waals surface area contributed by atoms with E-state index >= 15 is 0 Å². The Labute approximate surface area is 190 Å². The molecule has 0 spiro atoms. The molecule has 1 heterocycles. The van der Waals surface area contributed by atoms with Crippen molar-refractivity contribution in [3.63, 3.8) is 0 Å². The molecule has 0 unspecified atom stereocenters. The molecule has 0 bridgehead atoms. The van der Waals surface area contributed by atoms with Crippen molar-refractivity contribution in [2.75, 3.05) is 13.4 Å². The minimum absolute atomic E-state index is 0.234. The van der Waals surface area contributed by atoms with Crippen molar-refractivity contribution in [1.82, 2.24) is 4.98 Å². The zero-order valence-electron chi connectivity index (χ0n) is 17.5. The van der Waals surface area contributed by atoms with E-state index in [1.54, 1.807) is 44.4 Å². The second-order valence-electron chi connectivity index (χ2n) is 7.03. The Morgan fingerprint density at radius 2 is 1.75 bits per heavy atom. The Bertz CT molecular complexity index is 1010. The molecular weight excluding hydrogens is 473 g/mol. The lowest BCUT2D eigenvalue weighted by molar-refractivity contribution is -0.141. The van der Waals surface area contributed by atoms with E-state index in [9.17, 15) is 31.5 Å². The quantitative estimate of drug-likeness (QED) is 0.244. The van der Waals surface area contributed by atoms with Crippen molar-refractivity contribution < 1.29 is 36.3 Å². The summed E-state index contributed by atoms with van der Waals surface area (Å²) in [4.78, 5) is 29.6. The normalized spacial score (nSPS) is 11.8. The van der Waals surface area contributed by atoms with Crippen LogP contribution in [-0.4, -0.2) is 29.4 Å². The molecule has 1 aromatic carbocycles. The Morgan fingerprint density at radius 1 is 1.12 bits per heavy atom. The van der Waals surface area contributed by atoms with Gasteiger partial charge in [-0.2, -0.15) is 13.2 Å². The van der Waals surface area contributed by atoms with E-state index in [4.69, 9.17) is 0 Å². The molecule has 1 aromatic heterocycles. The third kappa shape index (κ3) is 6.00. The van der Waals surface area contributed by atoms with Crippen LogP contribution in [-0.2, 0) is 17.3 Å². The van der Waals surface area contributed by atoms with Gasteiger partial charge in [0.25, 0.3) is 6.43 Å². The van der Waals surface area contributed by atoms with Crippen LogP contribution in [0.1, 0.15) is 57.9 Å². The number of methoxy groups -OCH3 is 1. The smallest absolute Gasteiger partial charge is 0.434 e. The van der Waals surface area contributed by atoms with Crippen molar-refractivity contribution >= 4 is 34.6 Å². The zero-order chi connectivity index (χ0) is 24.2. The summed E-state index contributed by atoms with van der Waals surface area (Å²) >= 11 is 1.89. The first-order valence-electron chi connectivity index (χ1n) is 9.27. The summed E-state index contributed by atoms with van der Waals surface area (Å²) in [5, 5.41) is -1.05. The minimum Gasteiger partial charge on any atom is -0.465 e. The molecule has 174 valence electrons. The van der Waals surface area contributed by atoms with E-state index in [1.807, 2.05) is 0 Å². The summed E-state index contributed by atoms with van der Waals surface area (Å²) in [6.07, 6.45) is -7.12. The average molecular weight is 494 g/mol. The number of nitrogens with zero attached hydrogens (tertiary/aromatic N) is 1. The van der Waals surface area contributed by atoms with Crippen LogP contribution in [0.5, 0.6) is 0 Å². The number of carbonyl (C=O) groups is 2. The van der Waals surface area contributed by atoms with Crippen LogP contribution in [0.3, 0.4) is 0 Å². The predicted octanol–water partition coefficient (Wildman–Crippen LogP) is 6.68. The number of rotatable bonds is 7. The van der Waals surface area contributed by atoms with Gasteiger partial charge in [-0.1, -0.05) is 19.9 Å². The van der Waals surface area contributed by atoms with E-state index in [-0.39, 0.29) is 12.3 Å². The summed E-state index contributed by atoms with van der Waals surface area (Å²) in [6.45, 7) is 3.25. The highest BCUT2D eigenvalue weighted by molar-refractivity contribution is 8.14. The number of halogens is 5. The van der Waals surface area contributed by atoms with Crippen molar-refractivity contribution in [3.8, 4) is 0 Å². The van der Waals surface area contributed by atoms with E-state index < -0.39 is 51.8 Å². The molecule has 2 rings (SSSR count). The van der Waals surface area contributed by atoms with Crippen molar-refractivity contribution in [3.05, 3.63) is 52.3 Å². The first-order valence-corrected chi connectivity index (χ1v) is 11.3. The van der Waals surface area contributed by atoms with Gasteiger partial charge >= 0.3 is 12.1 Å². The molecule has 0 amide bonds. The van der Waals surface area contributed by atoms with Gasteiger partial charge in [-0.15, -0.1) is 11.8 Å². The molecule has 0 saturated heterocycles. The van der Waals surface area contributed by atoms with Crippen molar-refractivity contribution in [2.24, 2.45) is 5.92 Å². The Balaban J connectivity index is 2.84. The molecule has 0 aliphatic carbocycles. The van der Waals surface area contributed by atoms with Crippen LogP contribution in [0.25, 0.3) is 0 Å². The van der Waals surface area contributed by atoms with Crippen LogP contribution < -0.4 is 0 Å². The fourth-order valence-corrected chi connectivity index (χ4v) is 4.41. The third-order valence-electron chi connectivity index (χ3n) is 4.26. The Hall–Kier alpha value is -2.14. The summed E-state index contributed by atoms with van der Waals surface area (Å²) in [7, 11) is 0.915. The van der Waals surface area contributed by atoms with Crippen molar-refractivity contribution in [2.45, 2.75) is 42.7 Å². The molecule has 0 atom stereocenters. The number of thioether (sulfide) groups is 2. The maximum absolute atomic E-state index is 13.9. The summed E-state index contributed by atoms with van der Waals surface area (Å²) in [6, 6.07) is 6.56. The molecule has 0 aliphatic rings. The van der Waals surface area contributed by atoms with E-state index in [2.05, 4.69) is 9.72 Å². The molecule has 0 fully saturated rings. The zero-order valence-corrected chi connectivity index (χ0v) is 19.2. The number of alkyl halides is 5. The lowest BCUT2D eigenvalue weighted by Gasteiger charge is -2.21. The maximum atomic E-state index is 13.9.